The van der Waals surface area contributed by atoms with Crippen molar-refractivity contribution in [2.45, 2.75) is 6.92 Å². The predicted molar refractivity (Wildman–Crippen MR) is 48.9 cm³/mol. The van der Waals surface area contributed by atoms with Crippen molar-refractivity contribution in [3.63, 3.8) is 0 Å². The number of nitrogen functional groups attached to an aromatic ring is 1. The van der Waals surface area contributed by atoms with Gasteiger partial charge in [-0.05, 0) is 28.4 Å². The van der Waals surface area contributed by atoms with Crippen LogP contribution in [0.5, 0.6) is 0 Å². The number of hydrogen-bond acceptors (Lipinski definition) is 3. The van der Waals surface area contributed by atoms with Gasteiger partial charge in [0, 0.05) is 0 Å². The van der Waals surface area contributed by atoms with E-state index in [2.05, 4.69) is 32.5 Å². The van der Waals surface area contributed by atoms with Gasteiger partial charge in [-0.2, -0.15) is 0 Å². The van der Waals surface area contributed by atoms with Gasteiger partial charge in [-0.3, -0.25) is 0 Å². The molecule has 0 saturated heterocycles. The Bertz CT molecular complexity index is 296. The van der Waals surface area contributed by atoms with E-state index in [0.29, 0.717) is 16.1 Å². The highest BCUT2D eigenvalue weighted by molar-refractivity contribution is 9.10. The van der Waals surface area contributed by atoms with Crippen molar-refractivity contribution in [1.29, 1.82) is 0 Å². The highest BCUT2D eigenvalue weighted by Gasteiger charge is 2.02. The summed E-state index contributed by atoms with van der Waals surface area (Å²) >= 11 is 3.19. The first-order chi connectivity index (χ1) is 5.11. The second kappa shape index (κ2) is 3.00. The van der Waals surface area contributed by atoms with Crippen molar-refractivity contribution >= 4 is 27.3 Å². The Morgan fingerprint density at radius 2 is 2.36 bits per heavy atom. The maximum Gasteiger partial charge on any atom is 0.149 e. The second-order valence-electron chi connectivity index (χ2n) is 2.21. The van der Waals surface area contributed by atoms with Crippen LogP contribution >= 0.6 is 15.9 Å². The number of halogens is 1. The molecule has 0 radical (unpaired) electrons. The fraction of sp³-hybridized carbons (Fsp3) is 0.143. The average Bonchev–Trinajstić information content (AvgIpc) is 1.94. The van der Waals surface area contributed by atoms with Crippen LogP contribution < -0.4 is 5.73 Å². The van der Waals surface area contributed by atoms with Crippen LogP contribution in [-0.2, 0) is 0 Å². The molecule has 58 valence electrons. The number of nitrogens with two attached hydrogens (primary N) is 1. The van der Waals surface area contributed by atoms with E-state index in [1.54, 1.807) is 6.20 Å². The van der Waals surface area contributed by atoms with E-state index in [1.165, 1.54) is 0 Å². The summed E-state index contributed by atoms with van der Waals surface area (Å²) in [6, 6.07) is 0. The van der Waals surface area contributed by atoms with E-state index in [1.807, 2.05) is 6.92 Å². The van der Waals surface area contributed by atoms with Crippen LogP contribution in [0.4, 0.5) is 5.82 Å². The molecule has 0 aromatic carbocycles. The van der Waals surface area contributed by atoms with Gasteiger partial charge >= 0.3 is 0 Å². The summed E-state index contributed by atoms with van der Waals surface area (Å²) < 4.78 is 0.671. The first kappa shape index (κ1) is 8.20. The maximum atomic E-state index is 5.54. The zero-order valence-electron chi connectivity index (χ0n) is 6.13. The fourth-order valence-electron chi connectivity index (χ4n) is 0.691. The number of rotatable bonds is 1. The van der Waals surface area contributed by atoms with Gasteiger partial charge in [-0.15, -0.1) is 0 Å². The molecular formula is C7H8BrN3. The molecule has 4 heteroatoms. The molecule has 0 saturated carbocycles. The van der Waals surface area contributed by atoms with Crippen molar-refractivity contribution in [2.75, 3.05) is 5.73 Å². The van der Waals surface area contributed by atoms with Crippen molar-refractivity contribution in [3.8, 4) is 0 Å². The van der Waals surface area contributed by atoms with E-state index in [0.717, 1.165) is 5.57 Å². The lowest BCUT2D eigenvalue weighted by Crippen LogP contribution is -1.98. The number of nitrogens with zero attached hydrogens (tertiary/aromatic N) is 2. The van der Waals surface area contributed by atoms with E-state index in [4.69, 9.17) is 5.73 Å². The summed E-state index contributed by atoms with van der Waals surface area (Å²) in [6.45, 7) is 5.56. The van der Waals surface area contributed by atoms with E-state index in [-0.39, 0.29) is 0 Å². The Labute approximate surface area is 73.5 Å². The molecule has 0 unspecified atom stereocenters. The van der Waals surface area contributed by atoms with Crippen LogP contribution in [0.3, 0.4) is 0 Å². The summed E-state index contributed by atoms with van der Waals surface area (Å²) in [4.78, 5) is 8.01. The Hall–Kier alpha value is -0.900. The van der Waals surface area contributed by atoms with Gasteiger partial charge in [0.15, 0.2) is 0 Å². The number of allylic oxidation sites excluding steroid dienone is 1. The Morgan fingerprint density at radius 3 is 2.82 bits per heavy atom. The lowest BCUT2D eigenvalue weighted by atomic mass is 10.2. The van der Waals surface area contributed by atoms with Crippen molar-refractivity contribution in [2.24, 2.45) is 0 Å². The number of hydrogen-bond donors (Lipinski definition) is 1. The molecule has 0 fully saturated rings. The molecule has 1 aromatic heterocycles. The monoisotopic (exact) mass is 213 g/mol. The minimum absolute atomic E-state index is 0.417. The third-order valence-electron chi connectivity index (χ3n) is 1.18. The van der Waals surface area contributed by atoms with Gasteiger partial charge < -0.3 is 5.73 Å². The average molecular weight is 214 g/mol. The Morgan fingerprint density at radius 1 is 1.73 bits per heavy atom. The Balaban J connectivity index is 3.23. The van der Waals surface area contributed by atoms with Gasteiger partial charge in [0.25, 0.3) is 0 Å². The summed E-state index contributed by atoms with van der Waals surface area (Å²) in [5, 5.41) is 0. The highest BCUT2D eigenvalue weighted by Crippen LogP contribution is 2.16. The molecule has 1 rings (SSSR count). The summed E-state index contributed by atoms with van der Waals surface area (Å²) in [6.07, 6.45) is 1.56. The molecule has 3 nitrogen and oxygen atoms in total. The molecule has 0 spiro atoms. The van der Waals surface area contributed by atoms with E-state index in [9.17, 15) is 0 Å². The smallest absolute Gasteiger partial charge is 0.149 e. The van der Waals surface area contributed by atoms with Gasteiger partial charge in [0.05, 0.1) is 6.20 Å². The summed E-state index contributed by atoms with van der Waals surface area (Å²) in [7, 11) is 0. The minimum atomic E-state index is 0.417. The number of anilines is 1. The molecule has 1 heterocycles. The summed E-state index contributed by atoms with van der Waals surface area (Å²) in [5.41, 5.74) is 7.00. The van der Waals surface area contributed by atoms with Gasteiger partial charge in [-0.25, -0.2) is 9.97 Å². The third kappa shape index (κ3) is 1.77. The molecule has 1 aromatic rings. The Kier molecular flexibility index (Phi) is 2.24. The number of aromatic nitrogens is 2. The van der Waals surface area contributed by atoms with Crippen LogP contribution in [-0.4, -0.2) is 9.97 Å². The molecular weight excluding hydrogens is 206 g/mol. The zero-order valence-corrected chi connectivity index (χ0v) is 7.72. The van der Waals surface area contributed by atoms with Gasteiger partial charge in [0.1, 0.15) is 16.1 Å². The zero-order chi connectivity index (χ0) is 8.43. The van der Waals surface area contributed by atoms with Crippen LogP contribution in [0.1, 0.15) is 12.6 Å². The maximum absolute atomic E-state index is 5.54. The second-order valence-corrected chi connectivity index (χ2v) is 3.02. The van der Waals surface area contributed by atoms with Crippen LogP contribution in [0.25, 0.3) is 5.57 Å². The van der Waals surface area contributed by atoms with Crippen LogP contribution in [0.15, 0.2) is 17.4 Å². The molecule has 11 heavy (non-hydrogen) atoms. The lowest BCUT2D eigenvalue weighted by molar-refractivity contribution is 1.14. The van der Waals surface area contributed by atoms with Crippen molar-refractivity contribution in [3.05, 3.63) is 23.1 Å². The largest absolute Gasteiger partial charge is 0.382 e. The van der Waals surface area contributed by atoms with Gasteiger partial charge in [-0.1, -0.05) is 6.58 Å². The summed E-state index contributed by atoms with van der Waals surface area (Å²) in [5.74, 6) is 0.417. The molecule has 0 aliphatic rings. The first-order valence-electron chi connectivity index (χ1n) is 3.05. The predicted octanol–water partition coefficient (Wildman–Crippen LogP) is 1.85. The standard InChI is InChI=1S/C7H8BrN3/c1-4(2)6-7(9)10-3-5(8)11-6/h3H,1H2,2H3,(H2,9,10). The SMILES string of the molecule is C=C(C)c1nc(Br)cnc1N. The fourth-order valence-corrected chi connectivity index (χ4v) is 0.971. The third-order valence-corrected chi connectivity index (χ3v) is 1.56. The molecule has 2 N–H and O–H groups in total. The highest BCUT2D eigenvalue weighted by atomic mass is 79.9. The molecule has 0 aliphatic heterocycles. The lowest BCUT2D eigenvalue weighted by Gasteiger charge is -2.01. The molecule has 0 atom stereocenters. The molecule has 0 amide bonds. The van der Waals surface area contributed by atoms with Crippen molar-refractivity contribution in [1.82, 2.24) is 9.97 Å². The molecule has 0 aliphatic carbocycles. The minimum Gasteiger partial charge on any atom is -0.382 e. The van der Waals surface area contributed by atoms with Crippen LogP contribution in [0, 0.1) is 0 Å². The van der Waals surface area contributed by atoms with Gasteiger partial charge in [0.2, 0.25) is 0 Å². The normalized spacial score (nSPS) is 9.64. The van der Waals surface area contributed by atoms with E-state index >= 15 is 0 Å². The van der Waals surface area contributed by atoms with Crippen LogP contribution in [0.2, 0.25) is 0 Å². The first-order valence-corrected chi connectivity index (χ1v) is 3.84. The van der Waals surface area contributed by atoms with E-state index < -0.39 is 0 Å². The molecule has 0 bridgehead atoms. The quantitative estimate of drug-likeness (QED) is 0.776. The van der Waals surface area contributed by atoms with Crippen molar-refractivity contribution < 1.29 is 0 Å². The topological polar surface area (TPSA) is 51.8 Å².